The highest BCUT2D eigenvalue weighted by molar-refractivity contribution is 5.78. The maximum Gasteiger partial charge on any atom is 0.225 e. The molecule has 1 amide bonds. The molecule has 0 saturated carbocycles. The first-order chi connectivity index (χ1) is 8.09. The van der Waals surface area contributed by atoms with E-state index in [1.54, 1.807) is 12.1 Å². The van der Waals surface area contributed by atoms with Crippen LogP contribution in [0.1, 0.15) is 38.3 Å². The number of amides is 1. The maximum atomic E-state index is 12.9. The van der Waals surface area contributed by atoms with Crippen LogP contribution >= 0.6 is 0 Å². The zero-order valence-corrected chi connectivity index (χ0v) is 10.3. The molecule has 0 bridgehead atoms. The molecule has 1 heterocycles. The van der Waals surface area contributed by atoms with Gasteiger partial charge in [0.15, 0.2) is 0 Å². The van der Waals surface area contributed by atoms with Crippen LogP contribution in [-0.4, -0.2) is 17.4 Å². The van der Waals surface area contributed by atoms with Crippen LogP contribution in [0.4, 0.5) is 4.39 Å². The smallest absolute Gasteiger partial charge is 0.225 e. The molecule has 2 rings (SSSR count). The predicted octanol–water partition coefficient (Wildman–Crippen LogP) is 3.15. The van der Waals surface area contributed by atoms with Gasteiger partial charge >= 0.3 is 0 Å². The van der Waals surface area contributed by atoms with E-state index in [9.17, 15) is 9.18 Å². The Morgan fingerprint density at radius 1 is 1.35 bits per heavy atom. The van der Waals surface area contributed by atoms with Crippen LogP contribution in [0.15, 0.2) is 24.3 Å². The summed E-state index contributed by atoms with van der Waals surface area (Å²) >= 11 is 0. The van der Waals surface area contributed by atoms with Gasteiger partial charge in [-0.25, -0.2) is 4.39 Å². The van der Waals surface area contributed by atoms with Crippen molar-refractivity contribution in [1.29, 1.82) is 0 Å². The van der Waals surface area contributed by atoms with Crippen LogP contribution in [0.3, 0.4) is 0 Å². The second-order valence-electron chi connectivity index (χ2n) is 4.90. The summed E-state index contributed by atoms with van der Waals surface area (Å²) in [6.45, 7) is 4.66. The highest BCUT2D eigenvalue weighted by Gasteiger charge is 2.30. The minimum Gasteiger partial charge on any atom is -0.335 e. The number of benzene rings is 1. The fraction of sp³-hybridized carbons (Fsp3) is 0.500. The Morgan fingerprint density at radius 3 is 2.59 bits per heavy atom. The molecule has 1 saturated heterocycles. The number of carbonyl (C=O) groups is 1. The topological polar surface area (TPSA) is 20.3 Å². The molecule has 2 nitrogen and oxygen atoms in total. The molecule has 1 aromatic rings. The molecular formula is C14H18FNO. The van der Waals surface area contributed by atoms with E-state index in [-0.39, 0.29) is 23.7 Å². The van der Waals surface area contributed by atoms with Crippen molar-refractivity contribution in [2.45, 2.75) is 32.7 Å². The van der Waals surface area contributed by atoms with E-state index in [0.717, 1.165) is 24.9 Å². The summed E-state index contributed by atoms with van der Waals surface area (Å²) in [6, 6.07) is 6.63. The summed E-state index contributed by atoms with van der Waals surface area (Å²) in [7, 11) is 0. The lowest BCUT2D eigenvalue weighted by atomic mass is 10.0. The minimum atomic E-state index is -0.228. The van der Waals surface area contributed by atoms with Gasteiger partial charge in [-0.2, -0.15) is 0 Å². The van der Waals surface area contributed by atoms with Crippen molar-refractivity contribution in [2.75, 3.05) is 6.54 Å². The largest absolute Gasteiger partial charge is 0.335 e. The van der Waals surface area contributed by atoms with Gasteiger partial charge in [-0.15, -0.1) is 0 Å². The Balaban J connectivity index is 2.20. The van der Waals surface area contributed by atoms with E-state index in [0.29, 0.717) is 0 Å². The first-order valence-electron chi connectivity index (χ1n) is 6.15. The van der Waals surface area contributed by atoms with Gasteiger partial charge in [0.25, 0.3) is 0 Å². The number of likely N-dealkylation sites (tertiary alicyclic amines) is 1. The van der Waals surface area contributed by atoms with Crippen molar-refractivity contribution in [3.8, 4) is 0 Å². The van der Waals surface area contributed by atoms with Gasteiger partial charge < -0.3 is 4.90 Å². The summed E-state index contributed by atoms with van der Waals surface area (Å²) < 4.78 is 12.9. The van der Waals surface area contributed by atoms with Crippen molar-refractivity contribution < 1.29 is 9.18 Å². The van der Waals surface area contributed by atoms with E-state index in [1.807, 2.05) is 18.7 Å². The Labute approximate surface area is 101 Å². The van der Waals surface area contributed by atoms with E-state index in [2.05, 4.69) is 0 Å². The van der Waals surface area contributed by atoms with Gasteiger partial charge in [-0.1, -0.05) is 26.0 Å². The molecule has 0 N–H and O–H groups in total. The molecule has 0 spiro atoms. The van der Waals surface area contributed by atoms with Crippen molar-refractivity contribution in [2.24, 2.45) is 5.92 Å². The molecule has 0 aliphatic carbocycles. The Kier molecular flexibility index (Phi) is 3.46. The van der Waals surface area contributed by atoms with Gasteiger partial charge in [0.05, 0.1) is 6.04 Å². The van der Waals surface area contributed by atoms with Gasteiger partial charge in [-0.3, -0.25) is 4.79 Å². The monoisotopic (exact) mass is 235 g/mol. The minimum absolute atomic E-state index is 0.0241. The predicted molar refractivity (Wildman–Crippen MR) is 64.9 cm³/mol. The third-order valence-corrected chi connectivity index (χ3v) is 3.28. The number of nitrogens with zero attached hydrogens (tertiary/aromatic N) is 1. The summed E-state index contributed by atoms with van der Waals surface area (Å²) in [5.74, 6) is -0.0126. The van der Waals surface area contributed by atoms with Gasteiger partial charge in [0.2, 0.25) is 5.91 Å². The third-order valence-electron chi connectivity index (χ3n) is 3.28. The molecule has 1 aliphatic heterocycles. The number of hydrogen-bond donors (Lipinski definition) is 0. The van der Waals surface area contributed by atoms with E-state index in [4.69, 9.17) is 0 Å². The average Bonchev–Trinajstić information content (AvgIpc) is 2.77. The van der Waals surface area contributed by atoms with Crippen molar-refractivity contribution in [3.63, 3.8) is 0 Å². The Morgan fingerprint density at radius 2 is 2.00 bits per heavy atom. The molecule has 17 heavy (non-hydrogen) atoms. The molecule has 3 heteroatoms. The van der Waals surface area contributed by atoms with Crippen LogP contribution < -0.4 is 0 Å². The molecule has 0 aromatic heterocycles. The van der Waals surface area contributed by atoms with E-state index >= 15 is 0 Å². The first kappa shape index (κ1) is 12.1. The summed E-state index contributed by atoms with van der Waals surface area (Å²) in [4.78, 5) is 14.0. The lowest BCUT2D eigenvalue weighted by Crippen LogP contribution is -2.33. The average molecular weight is 235 g/mol. The van der Waals surface area contributed by atoms with E-state index < -0.39 is 0 Å². The molecule has 0 radical (unpaired) electrons. The second-order valence-corrected chi connectivity index (χ2v) is 4.90. The van der Waals surface area contributed by atoms with Crippen LogP contribution in [0.2, 0.25) is 0 Å². The molecule has 1 aromatic carbocycles. The fourth-order valence-electron chi connectivity index (χ4n) is 2.39. The van der Waals surface area contributed by atoms with Crippen LogP contribution in [0, 0.1) is 11.7 Å². The lowest BCUT2D eigenvalue weighted by molar-refractivity contribution is -0.135. The SMILES string of the molecule is CC(C)C(=O)N1CCC[C@H]1c1ccc(F)cc1. The zero-order valence-electron chi connectivity index (χ0n) is 10.3. The number of halogens is 1. The lowest BCUT2D eigenvalue weighted by Gasteiger charge is -2.26. The van der Waals surface area contributed by atoms with Gasteiger partial charge in [-0.05, 0) is 30.5 Å². The molecule has 0 unspecified atom stereocenters. The van der Waals surface area contributed by atoms with Crippen molar-refractivity contribution in [3.05, 3.63) is 35.6 Å². The second kappa shape index (κ2) is 4.86. The normalized spacial score (nSPS) is 20.0. The number of hydrogen-bond acceptors (Lipinski definition) is 1. The Hall–Kier alpha value is -1.38. The maximum absolute atomic E-state index is 12.9. The van der Waals surface area contributed by atoms with Gasteiger partial charge in [0, 0.05) is 12.5 Å². The van der Waals surface area contributed by atoms with Crippen LogP contribution in [-0.2, 0) is 4.79 Å². The van der Waals surface area contributed by atoms with E-state index in [1.165, 1.54) is 12.1 Å². The quantitative estimate of drug-likeness (QED) is 0.771. The summed E-state index contributed by atoms with van der Waals surface area (Å²) in [5, 5.41) is 0. The summed E-state index contributed by atoms with van der Waals surface area (Å²) in [5.41, 5.74) is 1.04. The molecule has 1 fully saturated rings. The van der Waals surface area contributed by atoms with Crippen LogP contribution in [0.5, 0.6) is 0 Å². The third kappa shape index (κ3) is 2.48. The van der Waals surface area contributed by atoms with Crippen molar-refractivity contribution >= 4 is 5.91 Å². The first-order valence-corrected chi connectivity index (χ1v) is 6.15. The van der Waals surface area contributed by atoms with Crippen LogP contribution in [0.25, 0.3) is 0 Å². The molecule has 92 valence electrons. The fourth-order valence-corrected chi connectivity index (χ4v) is 2.39. The standard InChI is InChI=1S/C14H18FNO/c1-10(2)14(17)16-9-3-4-13(16)11-5-7-12(15)8-6-11/h5-8,10,13H,3-4,9H2,1-2H3/t13-/m0/s1. The summed E-state index contributed by atoms with van der Waals surface area (Å²) in [6.07, 6.45) is 2.00. The van der Waals surface area contributed by atoms with Gasteiger partial charge in [0.1, 0.15) is 5.82 Å². The molecule has 1 aliphatic rings. The number of rotatable bonds is 2. The highest BCUT2D eigenvalue weighted by Crippen LogP contribution is 2.32. The molecule has 1 atom stereocenters. The zero-order chi connectivity index (χ0) is 12.4. The number of carbonyl (C=O) groups excluding carboxylic acids is 1. The molecular weight excluding hydrogens is 217 g/mol. The van der Waals surface area contributed by atoms with Crippen molar-refractivity contribution in [1.82, 2.24) is 4.90 Å². The Bertz CT molecular complexity index is 399. The highest BCUT2D eigenvalue weighted by atomic mass is 19.1.